The van der Waals surface area contributed by atoms with E-state index >= 15 is 0 Å². The van der Waals surface area contributed by atoms with Crippen LogP contribution in [0, 0.1) is 0 Å². The van der Waals surface area contributed by atoms with Gasteiger partial charge in [0.25, 0.3) is 5.56 Å². The predicted octanol–water partition coefficient (Wildman–Crippen LogP) is 2.27. The van der Waals surface area contributed by atoms with Crippen LogP contribution in [0.5, 0.6) is 0 Å². The number of alkyl halides is 3. The molecule has 148 valence electrons. The lowest BCUT2D eigenvalue weighted by Crippen LogP contribution is -2.50. The van der Waals surface area contributed by atoms with Gasteiger partial charge in [-0.2, -0.15) is 13.2 Å². The molecule has 2 heterocycles. The lowest BCUT2D eigenvalue weighted by atomic mass is 10.0. The first-order chi connectivity index (χ1) is 12.0. The van der Waals surface area contributed by atoms with Crippen molar-refractivity contribution in [3.63, 3.8) is 0 Å². The lowest BCUT2D eigenvalue weighted by Gasteiger charge is -2.26. The largest absolute Gasteiger partial charge is 0.405 e. The number of nitrogens with two attached hydrogens (primary N) is 1. The minimum atomic E-state index is -4.50. The Labute approximate surface area is 152 Å². The first-order valence-corrected chi connectivity index (χ1v) is 7.43. The summed E-state index contributed by atoms with van der Waals surface area (Å²) in [6.07, 6.45) is -1.73. The van der Waals surface area contributed by atoms with Crippen molar-refractivity contribution in [2.24, 2.45) is 0 Å². The number of hydrogen-bond acceptors (Lipinski definition) is 6. The van der Waals surface area contributed by atoms with Gasteiger partial charge in [-0.1, -0.05) is 0 Å². The SMILES string of the molecule is CC(C)(Nc1ccnc(-c2c[nH]c(=O)c(N)c2)n1)C(=O)NCC(F)(F)F.[HH].[HH].[HH].[HH]. The quantitative estimate of drug-likeness (QED) is 0.632. The molecule has 0 aliphatic rings. The molecule has 0 spiro atoms. The van der Waals surface area contributed by atoms with E-state index in [-0.39, 0.29) is 23.0 Å². The van der Waals surface area contributed by atoms with Crippen molar-refractivity contribution < 1.29 is 23.7 Å². The standard InChI is InChI=1S/C15H17F3N6O2.4H2/c1-14(2,13(26)22-7-15(16,17)18)24-10-3-4-20-11(23-10)8-5-9(19)12(25)21-6-8;;;;/h3-6H,7,19H2,1-2H3,(H,21,25)(H,22,26)(H,20,23,24);4*1H. The molecule has 8 nitrogen and oxygen atoms in total. The van der Waals surface area contributed by atoms with Crippen LogP contribution in [-0.4, -0.2) is 39.1 Å². The molecule has 0 unspecified atom stereocenters. The number of carbonyl (C=O) groups is 1. The zero-order valence-electron chi connectivity index (χ0n) is 13.9. The highest BCUT2D eigenvalue weighted by atomic mass is 19.4. The smallest absolute Gasteiger partial charge is 0.394 e. The van der Waals surface area contributed by atoms with Gasteiger partial charge in [-0.3, -0.25) is 9.59 Å². The van der Waals surface area contributed by atoms with Crippen LogP contribution in [0.3, 0.4) is 0 Å². The van der Waals surface area contributed by atoms with Crippen LogP contribution in [0.25, 0.3) is 11.4 Å². The summed E-state index contributed by atoms with van der Waals surface area (Å²) in [5.41, 5.74) is 4.15. The number of carbonyl (C=O) groups excluding carboxylic acids is 1. The van der Waals surface area contributed by atoms with Gasteiger partial charge in [0.05, 0.1) is 5.69 Å². The fraction of sp³-hybridized carbons (Fsp3) is 0.333. The molecular formula is C15H25F3N6O2. The summed E-state index contributed by atoms with van der Waals surface area (Å²) in [7, 11) is 0. The topological polar surface area (TPSA) is 126 Å². The molecule has 0 aromatic carbocycles. The Hall–Kier alpha value is -3.11. The van der Waals surface area contributed by atoms with Crippen molar-refractivity contribution in [1.29, 1.82) is 0 Å². The van der Waals surface area contributed by atoms with Gasteiger partial charge in [-0.05, 0) is 26.0 Å². The molecule has 26 heavy (non-hydrogen) atoms. The molecule has 2 aromatic heterocycles. The second kappa shape index (κ2) is 7.02. The number of nitrogens with zero attached hydrogens (tertiary/aromatic N) is 2. The summed E-state index contributed by atoms with van der Waals surface area (Å²) in [4.78, 5) is 34.0. The van der Waals surface area contributed by atoms with Crippen LogP contribution in [-0.2, 0) is 4.79 Å². The van der Waals surface area contributed by atoms with Crippen LogP contribution in [0.2, 0.25) is 0 Å². The number of H-pyrrole nitrogens is 1. The van der Waals surface area contributed by atoms with Gasteiger partial charge in [-0.15, -0.1) is 0 Å². The van der Waals surface area contributed by atoms with Gasteiger partial charge >= 0.3 is 6.18 Å². The zero-order chi connectivity index (χ0) is 19.5. The van der Waals surface area contributed by atoms with E-state index in [1.165, 1.54) is 38.4 Å². The third-order valence-corrected chi connectivity index (χ3v) is 3.30. The molecule has 1 amide bonds. The van der Waals surface area contributed by atoms with Crippen molar-refractivity contribution >= 4 is 17.4 Å². The molecule has 0 radical (unpaired) electrons. The highest BCUT2D eigenvalue weighted by Gasteiger charge is 2.33. The molecule has 2 aromatic rings. The third kappa shape index (κ3) is 4.94. The number of halogens is 3. The van der Waals surface area contributed by atoms with Crippen molar-refractivity contribution in [2.45, 2.75) is 25.6 Å². The molecule has 0 bridgehead atoms. The molecule has 0 aliphatic heterocycles. The maximum atomic E-state index is 12.2. The number of pyridine rings is 1. The van der Waals surface area contributed by atoms with E-state index < -0.39 is 29.7 Å². The molecule has 0 saturated heterocycles. The summed E-state index contributed by atoms with van der Waals surface area (Å²) in [6, 6.07) is 2.84. The summed E-state index contributed by atoms with van der Waals surface area (Å²) >= 11 is 0. The van der Waals surface area contributed by atoms with Crippen molar-refractivity contribution in [3.8, 4) is 11.4 Å². The van der Waals surface area contributed by atoms with Gasteiger partial charge in [0.15, 0.2) is 5.82 Å². The molecule has 0 fully saturated rings. The van der Waals surface area contributed by atoms with Gasteiger partial charge in [-0.25, -0.2) is 9.97 Å². The minimum absolute atomic E-state index is 0. The maximum absolute atomic E-state index is 12.2. The van der Waals surface area contributed by atoms with E-state index in [0.29, 0.717) is 5.56 Å². The normalized spacial score (nSPS) is 11.9. The molecule has 2 rings (SSSR count). The number of aromatic amines is 1. The van der Waals surface area contributed by atoms with Crippen LogP contribution < -0.4 is 21.9 Å². The molecule has 11 heteroatoms. The molecular weight excluding hydrogens is 353 g/mol. The van der Waals surface area contributed by atoms with Crippen molar-refractivity contribution in [3.05, 3.63) is 34.9 Å². The number of anilines is 2. The highest BCUT2D eigenvalue weighted by Crippen LogP contribution is 2.19. The fourth-order valence-electron chi connectivity index (χ4n) is 1.98. The molecule has 5 N–H and O–H groups in total. The second-order valence-corrected chi connectivity index (χ2v) is 5.99. The number of amides is 1. The summed E-state index contributed by atoms with van der Waals surface area (Å²) < 4.78 is 36.7. The number of nitrogens with one attached hydrogen (secondary N) is 3. The Kier molecular flexibility index (Phi) is 5.19. The van der Waals surface area contributed by atoms with Gasteiger partial charge < -0.3 is 21.4 Å². The second-order valence-electron chi connectivity index (χ2n) is 5.99. The number of aromatic nitrogens is 3. The van der Waals surface area contributed by atoms with Gasteiger partial charge in [0.1, 0.15) is 17.9 Å². The third-order valence-electron chi connectivity index (χ3n) is 3.30. The first-order valence-electron chi connectivity index (χ1n) is 7.43. The van der Waals surface area contributed by atoms with E-state index in [2.05, 4.69) is 20.3 Å². The average molecular weight is 378 g/mol. The Bertz CT molecular complexity index is 880. The predicted molar refractivity (Wildman–Crippen MR) is 97.7 cm³/mol. The monoisotopic (exact) mass is 378 g/mol. The minimum Gasteiger partial charge on any atom is -0.394 e. The first kappa shape index (κ1) is 19.2. The van der Waals surface area contributed by atoms with E-state index in [1.54, 1.807) is 0 Å². The van der Waals surface area contributed by atoms with E-state index in [9.17, 15) is 22.8 Å². The summed E-state index contributed by atoms with van der Waals surface area (Å²) in [6.45, 7) is 1.40. The number of rotatable bonds is 5. The lowest BCUT2D eigenvalue weighted by molar-refractivity contribution is -0.140. The van der Waals surface area contributed by atoms with Gasteiger partial charge in [0.2, 0.25) is 5.91 Å². The Balaban J connectivity index is -0.00000182. The van der Waals surface area contributed by atoms with Crippen molar-refractivity contribution in [1.82, 2.24) is 20.3 Å². The van der Waals surface area contributed by atoms with E-state index in [4.69, 9.17) is 5.73 Å². The molecule has 0 aliphatic carbocycles. The number of hydrogen-bond donors (Lipinski definition) is 4. The van der Waals surface area contributed by atoms with Crippen LogP contribution in [0.15, 0.2) is 29.3 Å². The van der Waals surface area contributed by atoms with Gasteiger partial charge in [0, 0.05) is 23.7 Å². The summed E-state index contributed by atoms with van der Waals surface area (Å²) in [5, 5.41) is 4.57. The highest BCUT2D eigenvalue weighted by molar-refractivity contribution is 5.88. The Morgan fingerprint density at radius 1 is 1.38 bits per heavy atom. The van der Waals surface area contributed by atoms with Crippen LogP contribution >= 0.6 is 0 Å². The van der Waals surface area contributed by atoms with E-state index in [1.807, 2.05) is 5.32 Å². The maximum Gasteiger partial charge on any atom is 0.405 e. The fourth-order valence-corrected chi connectivity index (χ4v) is 1.98. The average Bonchev–Trinajstić information content (AvgIpc) is 2.54. The molecule has 0 saturated carbocycles. The zero-order valence-corrected chi connectivity index (χ0v) is 13.9. The molecule has 0 atom stereocenters. The van der Waals surface area contributed by atoms with Crippen molar-refractivity contribution in [2.75, 3.05) is 17.6 Å². The Morgan fingerprint density at radius 2 is 2.08 bits per heavy atom. The Morgan fingerprint density at radius 3 is 2.69 bits per heavy atom. The van der Waals surface area contributed by atoms with Crippen LogP contribution in [0.1, 0.15) is 19.6 Å². The summed E-state index contributed by atoms with van der Waals surface area (Å²) in [5.74, 6) is -0.417. The van der Waals surface area contributed by atoms with E-state index in [0.717, 1.165) is 0 Å². The van der Waals surface area contributed by atoms with Crippen LogP contribution in [0.4, 0.5) is 24.7 Å². The number of nitrogen functional groups attached to an aromatic ring is 1.